The second-order valence-corrected chi connectivity index (χ2v) is 2.64. The van der Waals surface area contributed by atoms with Crippen molar-refractivity contribution in [1.82, 2.24) is 0 Å². The lowest BCUT2D eigenvalue weighted by molar-refractivity contribution is 0.0282. The Kier molecular flexibility index (Phi) is 11.5. The average molecular weight is 214 g/mol. The highest BCUT2D eigenvalue weighted by atomic mass is 31.2. The monoisotopic (exact) mass is 214 g/mol. The van der Waals surface area contributed by atoms with E-state index >= 15 is 0 Å². The Hall–Kier alpha value is -0.270. The summed E-state index contributed by atoms with van der Waals surface area (Å²) in [5.74, 6) is 2.39. The number of terminal acetylenes is 1. The van der Waals surface area contributed by atoms with Crippen LogP contribution in [0.3, 0.4) is 0 Å². The van der Waals surface area contributed by atoms with Crippen LogP contribution in [-0.2, 0) is 4.74 Å². The van der Waals surface area contributed by atoms with E-state index in [0.717, 1.165) is 0 Å². The second-order valence-electron chi connectivity index (χ2n) is 2.21. The zero-order valence-corrected chi connectivity index (χ0v) is 8.34. The molecule has 0 fully saturated rings. The van der Waals surface area contributed by atoms with Gasteiger partial charge in [0.15, 0.2) is 0 Å². The van der Waals surface area contributed by atoms with E-state index in [9.17, 15) is 8.39 Å². The maximum Gasteiger partial charge on any atom is 0.412 e. The molecule has 78 valence electrons. The first-order valence-corrected chi connectivity index (χ1v) is 4.54. The Labute approximate surface area is 77.8 Å². The van der Waals surface area contributed by atoms with Gasteiger partial charge in [0.2, 0.25) is 0 Å². The third kappa shape index (κ3) is 24.5. The zero-order chi connectivity index (χ0) is 10.9. The highest BCUT2D eigenvalue weighted by molar-refractivity contribution is 7.39. The Morgan fingerprint density at radius 2 is 1.92 bits per heavy atom. The molecule has 6 heteroatoms. The summed E-state index contributed by atoms with van der Waals surface area (Å²) in [6, 6.07) is 0. The Bertz CT molecular complexity index is 144. The summed E-state index contributed by atoms with van der Waals surface area (Å²) >= 11 is 0. The number of halogens is 2. The van der Waals surface area contributed by atoms with Crippen molar-refractivity contribution < 1.29 is 23.1 Å². The van der Waals surface area contributed by atoms with Crippen LogP contribution in [0.1, 0.15) is 13.8 Å². The van der Waals surface area contributed by atoms with E-state index in [0.29, 0.717) is 6.61 Å². The Morgan fingerprint density at radius 3 is 2.15 bits per heavy atom. The van der Waals surface area contributed by atoms with Crippen molar-refractivity contribution in [3.8, 4) is 12.3 Å². The van der Waals surface area contributed by atoms with Crippen molar-refractivity contribution in [2.45, 2.75) is 26.1 Å². The lowest BCUT2D eigenvalue weighted by Crippen LogP contribution is -2.15. The molecule has 2 N–H and O–H groups in total. The van der Waals surface area contributed by atoms with Crippen LogP contribution in [0.5, 0.6) is 0 Å². The van der Waals surface area contributed by atoms with E-state index < -0.39 is 14.9 Å². The van der Waals surface area contributed by atoms with Crippen molar-refractivity contribution in [2.75, 3.05) is 6.61 Å². The number of hydrogen-bond acceptors (Lipinski definition) is 3. The maximum absolute atomic E-state index is 9.95. The molecule has 3 nitrogen and oxygen atoms in total. The van der Waals surface area contributed by atoms with Crippen LogP contribution in [0.15, 0.2) is 0 Å². The minimum atomic E-state index is -3.62. The van der Waals surface area contributed by atoms with E-state index in [4.69, 9.17) is 21.2 Å². The third-order valence-electron chi connectivity index (χ3n) is 0.822. The SMILES string of the molecule is C#CC(C)OCC(C)O.OP(F)F. The first-order chi connectivity index (χ1) is 5.90. The van der Waals surface area contributed by atoms with Gasteiger partial charge in [-0.15, -0.1) is 6.42 Å². The first kappa shape index (κ1) is 15.2. The molecule has 0 rings (SSSR count). The summed E-state index contributed by atoms with van der Waals surface area (Å²) in [7, 11) is -3.62. The molecule has 2 atom stereocenters. The minimum Gasteiger partial charge on any atom is -0.391 e. The van der Waals surface area contributed by atoms with E-state index in [1.54, 1.807) is 13.8 Å². The molecule has 13 heavy (non-hydrogen) atoms. The van der Waals surface area contributed by atoms with Gasteiger partial charge in [0.1, 0.15) is 6.10 Å². The molecule has 0 bridgehead atoms. The van der Waals surface area contributed by atoms with Gasteiger partial charge in [-0.3, -0.25) is 0 Å². The molecule has 0 amide bonds. The molecule has 0 radical (unpaired) electrons. The molecule has 2 unspecified atom stereocenters. The molecule has 0 spiro atoms. The molecular formula is C7H13F2O3P. The summed E-state index contributed by atoms with van der Waals surface area (Å²) in [6.45, 7) is 3.73. The van der Waals surface area contributed by atoms with Crippen molar-refractivity contribution in [3.05, 3.63) is 0 Å². The van der Waals surface area contributed by atoms with Crippen LogP contribution in [0.25, 0.3) is 0 Å². The highest BCUT2D eigenvalue weighted by Gasteiger charge is 1.98. The molecule has 0 saturated carbocycles. The van der Waals surface area contributed by atoms with Crippen LogP contribution in [0.4, 0.5) is 8.39 Å². The third-order valence-corrected chi connectivity index (χ3v) is 0.822. The van der Waals surface area contributed by atoms with Gasteiger partial charge >= 0.3 is 8.77 Å². The molecule has 0 heterocycles. The van der Waals surface area contributed by atoms with Crippen LogP contribution in [0.2, 0.25) is 0 Å². The van der Waals surface area contributed by atoms with Gasteiger partial charge < -0.3 is 14.7 Å². The molecule has 0 aromatic carbocycles. The second kappa shape index (κ2) is 9.82. The highest BCUT2D eigenvalue weighted by Crippen LogP contribution is 2.31. The van der Waals surface area contributed by atoms with Gasteiger partial charge in [0.25, 0.3) is 0 Å². The molecule has 0 aliphatic carbocycles. The predicted octanol–water partition coefficient (Wildman–Crippen LogP) is 1.55. The molecule has 0 aromatic heterocycles. The van der Waals surface area contributed by atoms with E-state index in [1.807, 2.05) is 0 Å². The predicted molar refractivity (Wildman–Crippen MR) is 47.3 cm³/mol. The molecule has 0 aliphatic rings. The van der Waals surface area contributed by atoms with Gasteiger partial charge in [-0.2, -0.15) is 8.39 Å². The standard InChI is InChI=1S/C7H12O2.F2HOP/c1-4-7(3)9-5-6(2)8;1-4(2)3/h1,6-8H,5H2,2-3H3;3H. The minimum absolute atomic E-state index is 0.195. The first-order valence-electron chi connectivity index (χ1n) is 3.46. The summed E-state index contributed by atoms with van der Waals surface area (Å²) in [6.07, 6.45) is 4.38. The normalized spacial score (nSPS) is 14.0. The number of hydrogen-bond donors (Lipinski definition) is 2. The number of rotatable bonds is 3. The summed E-state index contributed by atoms with van der Waals surface area (Å²) in [4.78, 5) is 6.79. The molecule has 0 aliphatic heterocycles. The fourth-order valence-corrected chi connectivity index (χ4v) is 0.332. The van der Waals surface area contributed by atoms with E-state index in [2.05, 4.69) is 5.92 Å². The van der Waals surface area contributed by atoms with Crippen LogP contribution in [0, 0.1) is 12.3 Å². The number of ether oxygens (including phenoxy) is 1. The van der Waals surface area contributed by atoms with Crippen LogP contribution >= 0.6 is 8.77 Å². The summed E-state index contributed by atoms with van der Waals surface area (Å²) < 4.78 is 24.9. The average Bonchev–Trinajstić information content (AvgIpc) is 1.99. The van der Waals surface area contributed by atoms with Gasteiger partial charge in [0.05, 0.1) is 12.7 Å². The van der Waals surface area contributed by atoms with Gasteiger partial charge in [-0.1, -0.05) is 5.92 Å². The van der Waals surface area contributed by atoms with Gasteiger partial charge in [-0.05, 0) is 13.8 Å². The number of aliphatic hydroxyl groups excluding tert-OH is 1. The quantitative estimate of drug-likeness (QED) is 0.553. The molecular weight excluding hydrogens is 201 g/mol. The smallest absolute Gasteiger partial charge is 0.391 e. The Morgan fingerprint density at radius 1 is 1.54 bits per heavy atom. The largest absolute Gasteiger partial charge is 0.412 e. The van der Waals surface area contributed by atoms with Crippen molar-refractivity contribution in [3.63, 3.8) is 0 Å². The van der Waals surface area contributed by atoms with Crippen molar-refractivity contribution >= 4 is 8.77 Å². The Balaban J connectivity index is 0. The van der Waals surface area contributed by atoms with Crippen LogP contribution in [-0.4, -0.2) is 28.8 Å². The van der Waals surface area contributed by atoms with Crippen molar-refractivity contribution in [1.29, 1.82) is 0 Å². The van der Waals surface area contributed by atoms with Crippen molar-refractivity contribution in [2.24, 2.45) is 0 Å². The summed E-state index contributed by atoms with van der Waals surface area (Å²) in [5.41, 5.74) is 0. The van der Waals surface area contributed by atoms with E-state index in [1.165, 1.54) is 0 Å². The lowest BCUT2D eigenvalue weighted by atomic mass is 10.4. The maximum atomic E-state index is 9.95. The molecule has 0 saturated heterocycles. The lowest BCUT2D eigenvalue weighted by Gasteiger charge is -2.07. The van der Waals surface area contributed by atoms with Gasteiger partial charge in [-0.25, -0.2) is 0 Å². The molecule has 0 aromatic rings. The van der Waals surface area contributed by atoms with Gasteiger partial charge in [0, 0.05) is 0 Å². The number of aliphatic hydroxyl groups is 1. The fourth-order valence-electron chi connectivity index (χ4n) is 0.332. The zero-order valence-electron chi connectivity index (χ0n) is 7.44. The summed E-state index contributed by atoms with van der Waals surface area (Å²) in [5, 5.41) is 8.70. The van der Waals surface area contributed by atoms with Crippen LogP contribution < -0.4 is 0 Å². The topological polar surface area (TPSA) is 49.7 Å². The fraction of sp³-hybridized carbons (Fsp3) is 0.714. The van der Waals surface area contributed by atoms with E-state index in [-0.39, 0.29) is 6.10 Å².